The number of anilines is 1. The summed E-state index contributed by atoms with van der Waals surface area (Å²) in [4.78, 5) is 38.8. The predicted molar refractivity (Wildman–Crippen MR) is 105 cm³/mol. The Bertz CT molecular complexity index is 784. The molecule has 2 amide bonds. The Morgan fingerprint density at radius 2 is 1.71 bits per heavy atom. The number of carbonyl (C=O) groups is 3. The van der Waals surface area contributed by atoms with Gasteiger partial charge in [-0.3, -0.25) is 9.59 Å². The summed E-state index contributed by atoms with van der Waals surface area (Å²) in [5.41, 5.74) is 0.727. The summed E-state index contributed by atoms with van der Waals surface area (Å²) >= 11 is 0. The average Bonchev–Trinajstić information content (AvgIpc) is 3.19. The normalized spacial score (nSPS) is 11.9. The minimum atomic E-state index is -0.894. The van der Waals surface area contributed by atoms with Crippen LogP contribution in [-0.4, -0.2) is 36.5 Å². The van der Waals surface area contributed by atoms with Gasteiger partial charge in [0, 0.05) is 11.7 Å². The van der Waals surface area contributed by atoms with E-state index in [2.05, 4.69) is 5.32 Å². The van der Waals surface area contributed by atoms with Gasteiger partial charge in [0.15, 0.2) is 12.4 Å². The molecule has 0 aliphatic heterocycles. The molecular weight excluding hydrogens is 360 g/mol. The fourth-order valence-corrected chi connectivity index (χ4v) is 2.73. The Labute approximate surface area is 164 Å². The van der Waals surface area contributed by atoms with Crippen molar-refractivity contribution in [1.29, 1.82) is 0 Å². The maximum atomic E-state index is 12.6. The average molecular weight is 386 g/mol. The van der Waals surface area contributed by atoms with Crippen LogP contribution < -0.4 is 10.2 Å². The van der Waals surface area contributed by atoms with Crippen molar-refractivity contribution < 1.29 is 23.5 Å². The Kier molecular flexibility index (Phi) is 7.37. The largest absolute Gasteiger partial charge is 0.459 e. The molecule has 0 spiro atoms. The second-order valence-electron chi connectivity index (χ2n) is 6.97. The number of hydrogen-bond acceptors (Lipinski definition) is 5. The van der Waals surface area contributed by atoms with Crippen LogP contribution in [0.2, 0.25) is 0 Å². The van der Waals surface area contributed by atoms with E-state index >= 15 is 0 Å². The van der Waals surface area contributed by atoms with Gasteiger partial charge in [-0.2, -0.15) is 0 Å². The standard InChI is InChI=1S/C21H26N2O5/c1-14(2)19(22-20(25)17-11-8-12-27-17)21(26)28-13-18(24)23(15(3)4)16-9-6-5-7-10-16/h5-12,14-15,19H,13H2,1-4H3,(H,22,25)/t19-/m0/s1. The molecule has 2 aromatic rings. The molecule has 0 unspecified atom stereocenters. The molecule has 0 aliphatic carbocycles. The third kappa shape index (κ3) is 5.45. The Balaban J connectivity index is 2.01. The van der Waals surface area contributed by atoms with E-state index in [-0.39, 0.29) is 23.6 Å². The summed E-state index contributed by atoms with van der Waals surface area (Å²) in [6.45, 7) is 6.91. The number of benzene rings is 1. The number of furan rings is 1. The molecule has 7 heteroatoms. The van der Waals surface area contributed by atoms with Crippen molar-refractivity contribution in [2.24, 2.45) is 5.92 Å². The van der Waals surface area contributed by atoms with Gasteiger partial charge in [0.2, 0.25) is 0 Å². The number of ether oxygens (including phenoxy) is 1. The molecule has 28 heavy (non-hydrogen) atoms. The van der Waals surface area contributed by atoms with Crippen LogP contribution >= 0.6 is 0 Å². The minimum Gasteiger partial charge on any atom is -0.459 e. The van der Waals surface area contributed by atoms with E-state index in [1.807, 2.05) is 44.2 Å². The third-order valence-corrected chi connectivity index (χ3v) is 4.11. The molecule has 1 aromatic heterocycles. The zero-order valence-electron chi connectivity index (χ0n) is 16.5. The molecule has 1 aromatic carbocycles. The number of carbonyl (C=O) groups excluding carboxylic acids is 3. The molecule has 7 nitrogen and oxygen atoms in total. The van der Waals surface area contributed by atoms with E-state index in [1.165, 1.54) is 12.3 Å². The molecule has 1 heterocycles. The first-order valence-electron chi connectivity index (χ1n) is 9.19. The molecule has 0 aliphatic rings. The first-order chi connectivity index (χ1) is 13.3. The first kappa shape index (κ1) is 21.2. The van der Waals surface area contributed by atoms with Crippen LogP contribution in [0, 0.1) is 5.92 Å². The van der Waals surface area contributed by atoms with E-state index < -0.39 is 24.5 Å². The van der Waals surface area contributed by atoms with E-state index in [9.17, 15) is 14.4 Å². The first-order valence-corrected chi connectivity index (χ1v) is 9.19. The second-order valence-corrected chi connectivity index (χ2v) is 6.97. The summed E-state index contributed by atoms with van der Waals surface area (Å²) in [5.74, 6) is -1.64. The molecule has 0 saturated carbocycles. The fraction of sp³-hybridized carbons (Fsp3) is 0.381. The van der Waals surface area contributed by atoms with E-state index in [0.29, 0.717) is 0 Å². The van der Waals surface area contributed by atoms with Crippen molar-refractivity contribution >= 4 is 23.5 Å². The lowest BCUT2D eigenvalue weighted by molar-refractivity contribution is -0.150. The highest BCUT2D eigenvalue weighted by Crippen LogP contribution is 2.17. The van der Waals surface area contributed by atoms with E-state index in [4.69, 9.17) is 9.15 Å². The van der Waals surface area contributed by atoms with Gasteiger partial charge in [-0.15, -0.1) is 0 Å². The van der Waals surface area contributed by atoms with Gasteiger partial charge in [-0.25, -0.2) is 4.79 Å². The van der Waals surface area contributed by atoms with Gasteiger partial charge in [0.05, 0.1) is 6.26 Å². The summed E-state index contributed by atoms with van der Waals surface area (Å²) in [6, 6.07) is 11.3. The number of amides is 2. The lowest BCUT2D eigenvalue weighted by Gasteiger charge is -2.27. The Hall–Kier alpha value is -3.09. The summed E-state index contributed by atoms with van der Waals surface area (Å²) < 4.78 is 10.3. The summed E-state index contributed by atoms with van der Waals surface area (Å²) in [5, 5.41) is 2.59. The molecule has 1 N–H and O–H groups in total. The van der Waals surface area contributed by atoms with Crippen molar-refractivity contribution in [3.8, 4) is 0 Å². The number of para-hydroxylation sites is 1. The van der Waals surface area contributed by atoms with Gasteiger partial charge in [-0.1, -0.05) is 32.0 Å². The smallest absolute Gasteiger partial charge is 0.329 e. The highest BCUT2D eigenvalue weighted by Gasteiger charge is 2.28. The second kappa shape index (κ2) is 9.73. The van der Waals surface area contributed by atoms with Crippen LogP contribution in [0.25, 0.3) is 0 Å². The van der Waals surface area contributed by atoms with Gasteiger partial charge in [0.25, 0.3) is 11.8 Å². The number of esters is 1. The van der Waals surface area contributed by atoms with Gasteiger partial charge in [0.1, 0.15) is 6.04 Å². The topological polar surface area (TPSA) is 88.9 Å². The summed E-state index contributed by atoms with van der Waals surface area (Å²) in [6.07, 6.45) is 1.38. The number of nitrogens with one attached hydrogen (secondary N) is 1. The van der Waals surface area contributed by atoms with Gasteiger partial charge >= 0.3 is 5.97 Å². The third-order valence-electron chi connectivity index (χ3n) is 4.11. The van der Waals surface area contributed by atoms with Gasteiger partial charge in [-0.05, 0) is 44.0 Å². The SMILES string of the molecule is CC(C)[C@H](NC(=O)c1ccco1)C(=O)OCC(=O)N(c1ccccc1)C(C)C. The predicted octanol–water partition coefficient (Wildman–Crippen LogP) is 3.02. The van der Waals surface area contributed by atoms with Crippen molar-refractivity contribution in [2.45, 2.75) is 39.8 Å². The van der Waals surface area contributed by atoms with Crippen LogP contribution in [0.5, 0.6) is 0 Å². The number of hydrogen-bond donors (Lipinski definition) is 1. The molecular formula is C21H26N2O5. The molecule has 0 saturated heterocycles. The molecule has 1 atom stereocenters. The highest BCUT2D eigenvalue weighted by molar-refractivity contribution is 5.97. The van der Waals surface area contributed by atoms with E-state index in [0.717, 1.165) is 5.69 Å². The number of rotatable bonds is 8. The Morgan fingerprint density at radius 1 is 1.04 bits per heavy atom. The van der Waals surface area contributed by atoms with Crippen LogP contribution in [0.3, 0.4) is 0 Å². The maximum absolute atomic E-state index is 12.6. The van der Waals surface area contributed by atoms with Crippen molar-refractivity contribution in [3.05, 3.63) is 54.5 Å². The maximum Gasteiger partial charge on any atom is 0.329 e. The van der Waals surface area contributed by atoms with E-state index in [1.54, 1.807) is 24.8 Å². The van der Waals surface area contributed by atoms with Crippen molar-refractivity contribution in [2.75, 3.05) is 11.5 Å². The highest BCUT2D eigenvalue weighted by atomic mass is 16.5. The van der Waals surface area contributed by atoms with Crippen LogP contribution in [0.4, 0.5) is 5.69 Å². The van der Waals surface area contributed by atoms with Crippen molar-refractivity contribution in [1.82, 2.24) is 5.32 Å². The summed E-state index contributed by atoms with van der Waals surface area (Å²) in [7, 11) is 0. The zero-order chi connectivity index (χ0) is 20.7. The minimum absolute atomic E-state index is 0.101. The monoisotopic (exact) mass is 386 g/mol. The molecule has 0 fully saturated rings. The molecule has 2 rings (SSSR count). The zero-order valence-corrected chi connectivity index (χ0v) is 16.5. The van der Waals surface area contributed by atoms with Crippen LogP contribution in [0.1, 0.15) is 38.2 Å². The Morgan fingerprint density at radius 3 is 2.25 bits per heavy atom. The van der Waals surface area contributed by atoms with Gasteiger partial charge < -0.3 is 19.4 Å². The quantitative estimate of drug-likeness (QED) is 0.705. The van der Waals surface area contributed by atoms with Crippen LogP contribution in [0.15, 0.2) is 53.1 Å². The molecule has 150 valence electrons. The fourth-order valence-electron chi connectivity index (χ4n) is 2.73. The number of nitrogens with zero attached hydrogens (tertiary/aromatic N) is 1. The lowest BCUT2D eigenvalue weighted by atomic mass is 10.0. The lowest BCUT2D eigenvalue weighted by Crippen LogP contribution is -2.47. The van der Waals surface area contributed by atoms with Crippen LogP contribution in [-0.2, 0) is 14.3 Å². The van der Waals surface area contributed by atoms with Crippen molar-refractivity contribution in [3.63, 3.8) is 0 Å². The molecule has 0 bridgehead atoms. The molecule has 0 radical (unpaired) electrons.